The molecule has 0 spiro atoms. The third kappa shape index (κ3) is 1.93. The van der Waals surface area contributed by atoms with Crippen LogP contribution in [0, 0.1) is 0 Å². The first kappa shape index (κ1) is 9.58. The lowest BCUT2D eigenvalue weighted by Gasteiger charge is -2.06. The molecular formula is C11H12N2O2. The van der Waals surface area contributed by atoms with Gasteiger partial charge in [-0.2, -0.15) is 0 Å². The highest BCUT2D eigenvalue weighted by Crippen LogP contribution is 2.30. The highest BCUT2D eigenvalue weighted by atomic mass is 16.5. The van der Waals surface area contributed by atoms with Crippen LogP contribution in [0.25, 0.3) is 11.3 Å². The summed E-state index contributed by atoms with van der Waals surface area (Å²) < 4.78 is 10.7. The number of hydrogen-bond acceptors (Lipinski definition) is 4. The molecule has 1 heterocycles. The Hall–Kier alpha value is -1.97. The molecule has 0 bridgehead atoms. The average molecular weight is 204 g/mol. The number of nitrogen functional groups attached to an aromatic ring is 1. The minimum Gasteiger partial charge on any atom is -0.493 e. The van der Waals surface area contributed by atoms with Crippen molar-refractivity contribution in [3.63, 3.8) is 0 Å². The summed E-state index contributed by atoms with van der Waals surface area (Å²) in [5, 5.41) is 0. The van der Waals surface area contributed by atoms with E-state index in [-0.39, 0.29) is 6.01 Å². The summed E-state index contributed by atoms with van der Waals surface area (Å²) in [6.07, 6.45) is 1.59. The van der Waals surface area contributed by atoms with Crippen LogP contribution >= 0.6 is 0 Å². The normalized spacial score (nSPS) is 10.2. The summed E-state index contributed by atoms with van der Waals surface area (Å²) in [5.41, 5.74) is 6.29. The van der Waals surface area contributed by atoms with E-state index in [1.54, 1.807) is 6.20 Å². The van der Waals surface area contributed by atoms with Crippen LogP contribution in [0.4, 0.5) is 6.01 Å². The lowest BCUT2D eigenvalue weighted by molar-refractivity contribution is 0.341. The zero-order valence-electron chi connectivity index (χ0n) is 8.43. The maximum atomic E-state index is 5.47. The second-order valence-electron chi connectivity index (χ2n) is 2.99. The molecule has 78 valence electrons. The van der Waals surface area contributed by atoms with E-state index in [0.29, 0.717) is 12.4 Å². The summed E-state index contributed by atoms with van der Waals surface area (Å²) in [4.78, 5) is 3.85. The number of aromatic nitrogens is 1. The molecule has 2 rings (SSSR count). The minimum atomic E-state index is 0.163. The Kier molecular flexibility index (Phi) is 2.58. The van der Waals surface area contributed by atoms with Crippen molar-refractivity contribution in [2.75, 3.05) is 12.3 Å². The van der Waals surface area contributed by atoms with Crippen LogP contribution in [0.2, 0.25) is 0 Å². The largest absolute Gasteiger partial charge is 0.493 e. The van der Waals surface area contributed by atoms with Crippen LogP contribution in [-0.2, 0) is 0 Å². The second-order valence-corrected chi connectivity index (χ2v) is 2.99. The highest BCUT2D eigenvalue weighted by Gasteiger charge is 2.09. The molecule has 0 amide bonds. The number of oxazole rings is 1. The monoisotopic (exact) mass is 204 g/mol. The van der Waals surface area contributed by atoms with Gasteiger partial charge < -0.3 is 14.9 Å². The third-order valence-corrected chi connectivity index (χ3v) is 1.98. The van der Waals surface area contributed by atoms with Crippen LogP contribution in [0.15, 0.2) is 34.9 Å². The molecule has 4 nitrogen and oxygen atoms in total. The molecule has 0 aliphatic rings. The molecule has 0 aliphatic carbocycles. The molecule has 0 saturated carbocycles. The first-order chi connectivity index (χ1) is 7.31. The van der Waals surface area contributed by atoms with Gasteiger partial charge in [-0.3, -0.25) is 0 Å². The van der Waals surface area contributed by atoms with Gasteiger partial charge in [0.1, 0.15) is 5.75 Å². The lowest BCUT2D eigenvalue weighted by Crippen LogP contribution is -1.93. The molecule has 15 heavy (non-hydrogen) atoms. The Morgan fingerprint density at radius 1 is 1.40 bits per heavy atom. The lowest BCUT2D eigenvalue weighted by atomic mass is 10.1. The fourth-order valence-electron chi connectivity index (χ4n) is 1.36. The molecule has 4 heteroatoms. The molecule has 0 unspecified atom stereocenters. The SMILES string of the molecule is CCOc1ccccc1-c1cnc(N)o1. The molecule has 1 aromatic heterocycles. The van der Waals surface area contributed by atoms with E-state index >= 15 is 0 Å². The number of para-hydroxylation sites is 1. The van der Waals surface area contributed by atoms with Crippen molar-refractivity contribution >= 4 is 6.01 Å². The fourth-order valence-corrected chi connectivity index (χ4v) is 1.36. The van der Waals surface area contributed by atoms with Gasteiger partial charge in [-0.25, -0.2) is 4.98 Å². The minimum absolute atomic E-state index is 0.163. The van der Waals surface area contributed by atoms with Gasteiger partial charge in [0.05, 0.1) is 18.4 Å². The van der Waals surface area contributed by atoms with Gasteiger partial charge in [0.2, 0.25) is 0 Å². The number of rotatable bonds is 3. The van der Waals surface area contributed by atoms with Gasteiger partial charge in [-0.1, -0.05) is 12.1 Å². The van der Waals surface area contributed by atoms with Gasteiger partial charge >= 0.3 is 0 Å². The smallest absolute Gasteiger partial charge is 0.292 e. The van der Waals surface area contributed by atoms with Gasteiger partial charge in [-0.05, 0) is 19.1 Å². The van der Waals surface area contributed by atoms with Crippen molar-refractivity contribution in [2.24, 2.45) is 0 Å². The van der Waals surface area contributed by atoms with Crippen LogP contribution in [-0.4, -0.2) is 11.6 Å². The number of nitrogens with zero attached hydrogens (tertiary/aromatic N) is 1. The zero-order valence-corrected chi connectivity index (χ0v) is 8.43. The first-order valence-electron chi connectivity index (χ1n) is 4.74. The van der Waals surface area contributed by atoms with Crippen molar-refractivity contribution in [1.82, 2.24) is 4.98 Å². The Morgan fingerprint density at radius 3 is 2.87 bits per heavy atom. The van der Waals surface area contributed by atoms with E-state index in [1.165, 1.54) is 0 Å². The quantitative estimate of drug-likeness (QED) is 0.833. The van der Waals surface area contributed by atoms with Gasteiger partial charge in [0, 0.05) is 0 Å². The maximum absolute atomic E-state index is 5.47. The predicted octanol–water partition coefficient (Wildman–Crippen LogP) is 2.32. The fraction of sp³-hybridized carbons (Fsp3) is 0.182. The molecule has 1 aromatic carbocycles. The van der Waals surface area contributed by atoms with Crippen LogP contribution in [0.5, 0.6) is 5.75 Å². The van der Waals surface area contributed by atoms with Gasteiger partial charge in [0.25, 0.3) is 6.01 Å². The van der Waals surface area contributed by atoms with Crippen molar-refractivity contribution in [3.8, 4) is 17.1 Å². The van der Waals surface area contributed by atoms with Crippen molar-refractivity contribution in [3.05, 3.63) is 30.5 Å². The van der Waals surface area contributed by atoms with E-state index in [4.69, 9.17) is 14.9 Å². The van der Waals surface area contributed by atoms with Crippen molar-refractivity contribution < 1.29 is 9.15 Å². The topological polar surface area (TPSA) is 61.3 Å². The summed E-state index contributed by atoms with van der Waals surface area (Å²) >= 11 is 0. The molecule has 2 N–H and O–H groups in total. The second kappa shape index (κ2) is 4.04. The highest BCUT2D eigenvalue weighted by molar-refractivity contribution is 5.65. The standard InChI is InChI=1S/C11H12N2O2/c1-2-14-9-6-4-3-5-8(9)10-7-13-11(12)15-10/h3-7H,2H2,1H3,(H2,12,13). The third-order valence-electron chi connectivity index (χ3n) is 1.98. The van der Waals surface area contributed by atoms with Crippen LogP contribution < -0.4 is 10.5 Å². The number of hydrogen-bond donors (Lipinski definition) is 1. The van der Waals surface area contributed by atoms with E-state index in [9.17, 15) is 0 Å². The molecular weight excluding hydrogens is 192 g/mol. The number of benzene rings is 1. The predicted molar refractivity (Wildman–Crippen MR) is 57.5 cm³/mol. The summed E-state index contributed by atoms with van der Waals surface area (Å²) in [6.45, 7) is 2.55. The Bertz CT molecular complexity index is 451. The van der Waals surface area contributed by atoms with Crippen LogP contribution in [0.1, 0.15) is 6.92 Å². The molecule has 0 saturated heterocycles. The van der Waals surface area contributed by atoms with E-state index < -0.39 is 0 Å². The van der Waals surface area contributed by atoms with E-state index in [2.05, 4.69) is 4.98 Å². The van der Waals surface area contributed by atoms with Gasteiger partial charge in [0.15, 0.2) is 5.76 Å². The van der Waals surface area contributed by atoms with Gasteiger partial charge in [-0.15, -0.1) is 0 Å². The Morgan fingerprint density at radius 2 is 2.20 bits per heavy atom. The molecule has 0 atom stereocenters. The van der Waals surface area contributed by atoms with E-state index in [0.717, 1.165) is 11.3 Å². The molecule has 0 radical (unpaired) electrons. The Labute approximate surface area is 87.7 Å². The van der Waals surface area contributed by atoms with Crippen molar-refractivity contribution in [1.29, 1.82) is 0 Å². The zero-order chi connectivity index (χ0) is 10.7. The van der Waals surface area contributed by atoms with Crippen molar-refractivity contribution in [2.45, 2.75) is 6.92 Å². The maximum Gasteiger partial charge on any atom is 0.292 e. The average Bonchev–Trinajstić information content (AvgIpc) is 2.66. The Balaban J connectivity index is 2.42. The summed E-state index contributed by atoms with van der Waals surface area (Å²) in [6, 6.07) is 7.78. The number of nitrogens with two attached hydrogens (primary N) is 1. The molecule has 0 fully saturated rings. The number of anilines is 1. The van der Waals surface area contributed by atoms with E-state index in [1.807, 2.05) is 31.2 Å². The molecule has 2 aromatic rings. The summed E-state index contributed by atoms with van der Waals surface area (Å²) in [7, 11) is 0. The number of ether oxygens (including phenoxy) is 1. The molecule has 0 aliphatic heterocycles. The summed E-state index contributed by atoms with van der Waals surface area (Å²) in [5.74, 6) is 1.40. The van der Waals surface area contributed by atoms with Crippen LogP contribution in [0.3, 0.4) is 0 Å². The first-order valence-corrected chi connectivity index (χ1v) is 4.74.